The molecule has 96 valence electrons. The minimum atomic E-state index is -0.139. The number of ketones is 1. The van der Waals surface area contributed by atoms with Crippen LogP contribution in [0.5, 0.6) is 0 Å². The van der Waals surface area contributed by atoms with E-state index in [-0.39, 0.29) is 11.5 Å². The Balaban J connectivity index is 2.66. The third-order valence-electron chi connectivity index (χ3n) is 2.39. The number of hydrogen-bond donors (Lipinski definition) is 0. The summed E-state index contributed by atoms with van der Waals surface area (Å²) >= 11 is 0. The standard InChI is InChI=1S/C16H20O2/c1-12(2)11-18-14(4)16(17)13(3)10-15-8-6-5-7-9-15/h5-10,12H,4,11H2,1-3H3/b13-10+. The molecule has 1 rings (SSSR count). The second kappa shape index (κ2) is 6.80. The third-order valence-corrected chi connectivity index (χ3v) is 2.39. The summed E-state index contributed by atoms with van der Waals surface area (Å²) < 4.78 is 5.34. The Morgan fingerprint density at radius 1 is 1.33 bits per heavy atom. The molecule has 0 radical (unpaired) electrons. The van der Waals surface area contributed by atoms with Crippen LogP contribution in [0.4, 0.5) is 0 Å². The molecule has 0 spiro atoms. The lowest BCUT2D eigenvalue weighted by molar-refractivity contribution is -0.115. The molecule has 2 nitrogen and oxygen atoms in total. The summed E-state index contributed by atoms with van der Waals surface area (Å²) in [6, 6.07) is 9.73. The highest BCUT2D eigenvalue weighted by atomic mass is 16.5. The molecule has 0 aliphatic rings. The Bertz CT molecular complexity index is 441. The van der Waals surface area contributed by atoms with Gasteiger partial charge in [-0.3, -0.25) is 4.79 Å². The van der Waals surface area contributed by atoms with E-state index in [2.05, 4.69) is 6.58 Å². The number of benzene rings is 1. The van der Waals surface area contributed by atoms with Crippen LogP contribution in [0.2, 0.25) is 0 Å². The summed E-state index contributed by atoms with van der Waals surface area (Å²) in [6.07, 6.45) is 1.84. The highest BCUT2D eigenvalue weighted by molar-refractivity contribution is 6.08. The zero-order valence-electron chi connectivity index (χ0n) is 11.3. The number of hydrogen-bond acceptors (Lipinski definition) is 2. The first-order chi connectivity index (χ1) is 8.50. The first kappa shape index (κ1) is 14.2. The van der Waals surface area contributed by atoms with Crippen LogP contribution in [-0.4, -0.2) is 12.4 Å². The van der Waals surface area contributed by atoms with Gasteiger partial charge >= 0.3 is 0 Å². The van der Waals surface area contributed by atoms with E-state index in [1.165, 1.54) is 0 Å². The van der Waals surface area contributed by atoms with Crippen LogP contribution in [0.15, 0.2) is 48.2 Å². The zero-order chi connectivity index (χ0) is 13.5. The van der Waals surface area contributed by atoms with Gasteiger partial charge in [-0.1, -0.05) is 50.8 Å². The molecular formula is C16H20O2. The van der Waals surface area contributed by atoms with Crippen LogP contribution >= 0.6 is 0 Å². The van der Waals surface area contributed by atoms with Gasteiger partial charge in [-0.25, -0.2) is 0 Å². The summed E-state index contributed by atoms with van der Waals surface area (Å²) in [5.41, 5.74) is 1.63. The quantitative estimate of drug-likeness (QED) is 0.561. The van der Waals surface area contributed by atoms with E-state index < -0.39 is 0 Å². The second-order valence-corrected chi connectivity index (χ2v) is 4.70. The summed E-state index contributed by atoms with van der Waals surface area (Å²) in [4.78, 5) is 12.0. The van der Waals surface area contributed by atoms with Gasteiger partial charge in [-0.05, 0) is 24.5 Å². The number of carbonyl (C=O) groups is 1. The van der Waals surface area contributed by atoms with Crippen molar-refractivity contribution in [1.29, 1.82) is 0 Å². The normalized spacial score (nSPS) is 11.4. The van der Waals surface area contributed by atoms with Crippen molar-refractivity contribution in [1.82, 2.24) is 0 Å². The van der Waals surface area contributed by atoms with Crippen molar-refractivity contribution in [2.75, 3.05) is 6.61 Å². The summed E-state index contributed by atoms with van der Waals surface area (Å²) in [5, 5.41) is 0. The lowest BCUT2D eigenvalue weighted by Crippen LogP contribution is -2.10. The third kappa shape index (κ3) is 4.58. The average molecular weight is 244 g/mol. The molecule has 0 aliphatic heterocycles. The lowest BCUT2D eigenvalue weighted by Gasteiger charge is -2.10. The van der Waals surface area contributed by atoms with Gasteiger partial charge in [0.25, 0.3) is 0 Å². The molecule has 0 amide bonds. The van der Waals surface area contributed by atoms with Crippen molar-refractivity contribution in [3.8, 4) is 0 Å². The van der Waals surface area contributed by atoms with Gasteiger partial charge in [-0.2, -0.15) is 0 Å². The SMILES string of the molecule is C=C(OCC(C)C)C(=O)/C(C)=C/c1ccccc1. The molecule has 2 heteroatoms. The second-order valence-electron chi connectivity index (χ2n) is 4.70. The Morgan fingerprint density at radius 3 is 2.50 bits per heavy atom. The van der Waals surface area contributed by atoms with Crippen molar-refractivity contribution < 1.29 is 9.53 Å². The van der Waals surface area contributed by atoms with Gasteiger partial charge in [0, 0.05) is 5.57 Å². The lowest BCUT2D eigenvalue weighted by atomic mass is 10.1. The summed E-state index contributed by atoms with van der Waals surface area (Å²) in [6.45, 7) is 10.0. The monoisotopic (exact) mass is 244 g/mol. The zero-order valence-corrected chi connectivity index (χ0v) is 11.3. The van der Waals surface area contributed by atoms with Gasteiger partial charge in [0.1, 0.15) is 0 Å². The summed E-state index contributed by atoms with van der Waals surface area (Å²) in [5.74, 6) is 0.459. The molecule has 0 aliphatic carbocycles. The molecule has 0 bridgehead atoms. The number of rotatable bonds is 6. The van der Waals surface area contributed by atoms with E-state index in [0.29, 0.717) is 18.1 Å². The van der Waals surface area contributed by atoms with Crippen LogP contribution < -0.4 is 0 Å². The van der Waals surface area contributed by atoms with Gasteiger partial charge in [0.05, 0.1) is 6.61 Å². The highest BCUT2D eigenvalue weighted by Crippen LogP contribution is 2.11. The van der Waals surface area contributed by atoms with Gasteiger partial charge in [0.2, 0.25) is 5.78 Å². The van der Waals surface area contributed by atoms with Crippen LogP contribution in [0, 0.1) is 5.92 Å². The molecule has 0 unspecified atom stereocenters. The van der Waals surface area contributed by atoms with E-state index in [9.17, 15) is 4.79 Å². The predicted octanol–water partition coefficient (Wildman–Crippen LogP) is 3.85. The van der Waals surface area contributed by atoms with Crippen molar-refractivity contribution in [3.05, 3.63) is 53.8 Å². The molecule has 0 N–H and O–H groups in total. The fourth-order valence-electron chi connectivity index (χ4n) is 1.42. The van der Waals surface area contributed by atoms with Crippen molar-refractivity contribution in [2.45, 2.75) is 20.8 Å². The topological polar surface area (TPSA) is 26.3 Å². The van der Waals surface area contributed by atoms with E-state index in [1.54, 1.807) is 6.92 Å². The first-order valence-corrected chi connectivity index (χ1v) is 6.10. The fraction of sp³-hybridized carbons (Fsp3) is 0.312. The van der Waals surface area contributed by atoms with Crippen LogP contribution in [0.1, 0.15) is 26.3 Å². The molecular weight excluding hydrogens is 224 g/mol. The molecule has 1 aromatic carbocycles. The van der Waals surface area contributed by atoms with Crippen molar-refractivity contribution >= 4 is 11.9 Å². The Kier molecular flexibility index (Phi) is 5.37. The van der Waals surface area contributed by atoms with E-state index in [0.717, 1.165) is 5.56 Å². The first-order valence-electron chi connectivity index (χ1n) is 6.10. The maximum absolute atomic E-state index is 12.0. The van der Waals surface area contributed by atoms with Crippen LogP contribution in [0.25, 0.3) is 6.08 Å². The Labute approximate surface area is 109 Å². The van der Waals surface area contributed by atoms with Gasteiger partial charge in [0.15, 0.2) is 5.76 Å². The minimum Gasteiger partial charge on any atom is -0.490 e. The highest BCUT2D eigenvalue weighted by Gasteiger charge is 2.11. The average Bonchev–Trinajstić information content (AvgIpc) is 2.36. The molecule has 0 heterocycles. The molecule has 0 aromatic heterocycles. The van der Waals surface area contributed by atoms with Gasteiger partial charge in [-0.15, -0.1) is 0 Å². The smallest absolute Gasteiger partial charge is 0.222 e. The number of allylic oxidation sites excluding steroid dienone is 1. The van der Waals surface area contributed by atoms with E-state index >= 15 is 0 Å². The number of ether oxygens (including phenoxy) is 1. The molecule has 0 saturated carbocycles. The molecule has 18 heavy (non-hydrogen) atoms. The summed E-state index contributed by atoms with van der Waals surface area (Å²) in [7, 11) is 0. The van der Waals surface area contributed by atoms with E-state index in [4.69, 9.17) is 4.74 Å². The van der Waals surface area contributed by atoms with Crippen molar-refractivity contribution in [3.63, 3.8) is 0 Å². The maximum Gasteiger partial charge on any atom is 0.222 e. The minimum absolute atomic E-state index is 0.139. The van der Waals surface area contributed by atoms with Crippen LogP contribution in [-0.2, 0) is 9.53 Å². The molecule has 1 aromatic rings. The number of carbonyl (C=O) groups excluding carboxylic acids is 1. The predicted molar refractivity (Wildman–Crippen MR) is 75.0 cm³/mol. The molecule has 0 fully saturated rings. The van der Waals surface area contributed by atoms with Crippen LogP contribution in [0.3, 0.4) is 0 Å². The largest absolute Gasteiger partial charge is 0.490 e. The molecule has 0 saturated heterocycles. The van der Waals surface area contributed by atoms with Crippen molar-refractivity contribution in [2.24, 2.45) is 5.92 Å². The van der Waals surface area contributed by atoms with Gasteiger partial charge < -0.3 is 4.74 Å². The Hall–Kier alpha value is -1.83. The number of Topliss-reactive ketones (excluding diaryl/α,β-unsaturated/α-hetero) is 1. The molecule has 0 atom stereocenters. The fourth-order valence-corrected chi connectivity index (χ4v) is 1.42. The Morgan fingerprint density at radius 2 is 1.94 bits per heavy atom. The van der Waals surface area contributed by atoms with E-state index in [1.807, 2.05) is 50.3 Å². The maximum atomic E-state index is 12.0.